The summed E-state index contributed by atoms with van der Waals surface area (Å²) in [5, 5.41) is 4.04. The molecule has 0 saturated carbocycles. The summed E-state index contributed by atoms with van der Waals surface area (Å²) >= 11 is 0. The van der Waals surface area contributed by atoms with Crippen LogP contribution in [0.3, 0.4) is 0 Å². The molecule has 4 rings (SSSR count). The van der Waals surface area contributed by atoms with Crippen LogP contribution in [0.5, 0.6) is 0 Å². The highest BCUT2D eigenvalue weighted by Crippen LogP contribution is 2.33. The summed E-state index contributed by atoms with van der Waals surface area (Å²) < 4.78 is 0. The first kappa shape index (κ1) is 12.8. The summed E-state index contributed by atoms with van der Waals surface area (Å²) in [6.07, 6.45) is 9.48. The first-order valence-corrected chi connectivity index (χ1v) is 8.50. The molecule has 2 aliphatic heterocycles. The van der Waals surface area contributed by atoms with Gasteiger partial charge in [-0.05, 0) is 56.2 Å². The van der Waals surface area contributed by atoms with E-state index in [2.05, 4.69) is 34.5 Å². The molecule has 0 spiro atoms. The molecular formula is C18H26N2. The molecule has 2 heterocycles. The third-order valence-electron chi connectivity index (χ3n) is 5.64. The Balaban J connectivity index is 1.53. The van der Waals surface area contributed by atoms with E-state index in [0.29, 0.717) is 6.04 Å². The lowest BCUT2D eigenvalue weighted by molar-refractivity contribution is 0.285. The van der Waals surface area contributed by atoms with Gasteiger partial charge in [0.05, 0.1) is 0 Å². The van der Waals surface area contributed by atoms with Gasteiger partial charge in [0.1, 0.15) is 0 Å². The van der Waals surface area contributed by atoms with Crippen LogP contribution in [0.25, 0.3) is 0 Å². The van der Waals surface area contributed by atoms with Gasteiger partial charge in [-0.15, -0.1) is 0 Å². The zero-order chi connectivity index (χ0) is 13.4. The standard InChI is InChI=1S/C18H26N2/c1-3-8-15-14(6-1)7-2-4-9-16(15)19-17-11-13-20-12-5-10-18(17)20/h1,3,6,8,16-19H,2,4-5,7,9-13H2. The maximum Gasteiger partial charge on any atom is 0.0326 e. The van der Waals surface area contributed by atoms with E-state index in [1.165, 1.54) is 58.0 Å². The topological polar surface area (TPSA) is 15.3 Å². The molecular weight excluding hydrogens is 244 g/mol. The molecule has 0 radical (unpaired) electrons. The highest BCUT2D eigenvalue weighted by atomic mass is 15.2. The van der Waals surface area contributed by atoms with Crippen molar-refractivity contribution < 1.29 is 0 Å². The van der Waals surface area contributed by atoms with Gasteiger partial charge in [-0.1, -0.05) is 30.7 Å². The molecule has 3 unspecified atom stereocenters. The average Bonchev–Trinajstić information content (AvgIpc) is 3.01. The number of nitrogens with zero attached hydrogens (tertiary/aromatic N) is 1. The third kappa shape index (κ3) is 2.29. The summed E-state index contributed by atoms with van der Waals surface area (Å²) in [6.45, 7) is 2.65. The Bertz CT molecular complexity index is 470. The Hall–Kier alpha value is -0.860. The van der Waals surface area contributed by atoms with Crippen molar-refractivity contribution in [2.75, 3.05) is 13.1 Å². The molecule has 1 N–H and O–H groups in total. The monoisotopic (exact) mass is 270 g/mol. The Labute approximate surface area is 122 Å². The van der Waals surface area contributed by atoms with Crippen LogP contribution in [0.15, 0.2) is 24.3 Å². The Morgan fingerprint density at radius 2 is 1.90 bits per heavy atom. The van der Waals surface area contributed by atoms with Gasteiger partial charge in [-0.2, -0.15) is 0 Å². The molecule has 2 saturated heterocycles. The highest BCUT2D eigenvalue weighted by molar-refractivity contribution is 5.31. The molecule has 108 valence electrons. The number of hydrogen-bond donors (Lipinski definition) is 1. The van der Waals surface area contributed by atoms with Gasteiger partial charge in [0.2, 0.25) is 0 Å². The highest BCUT2D eigenvalue weighted by Gasteiger charge is 2.38. The van der Waals surface area contributed by atoms with Gasteiger partial charge in [0, 0.05) is 24.7 Å². The normalized spacial score (nSPS) is 33.7. The number of hydrogen-bond acceptors (Lipinski definition) is 2. The Morgan fingerprint density at radius 1 is 0.950 bits per heavy atom. The fourth-order valence-electron chi connectivity index (χ4n) is 4.63. The van der Waals surface area contributed by atoms with Gasteiger partial charge >= 0.3 is 0 Å². The molecule has 0 amide bonds. The van der Waals surface area contributed by atoms with Crippen LogP contribution in [-0.2, 0) is 6.42 Å². The van der Waals surface area contributed by atoms with E-state index in [4.69, 9.17) is 0 Å². The molecule has 1 aromatic rings. The first-order valence-electron chi connectivity index (χ1n) is 8.50. The molecule has 0 bridgehead atoms. The minimum Gasteiger partial charge on any atom is -0.306 e. The van der Waals surface area contributed by atoms with E-state index >= 15 is 0 Å². The maximum atomic E-state index is 4.04. The van der Waals surface area contributed by atoms with Crippen molar-refractivity contribution in [2.45, 2.75) is 63.1 Å². The Morgan fingerprint density at radius 3 is 2.90 bits per heavy atom. The van der Waals surface area contributed by atoms with Gasteiger partial charge in [-0.3, -0.25) is 4.90 Å². The van der Waals surface area contributed by atoms with E-state index in [1.807, 2.05) is 0 Å². The lowest BCUT2D eigenvalue weighted by Crippen LogP contribution is -2.41. The minimum absolute atomic E-state index is 0.597. The van der Waals surface area contributed by atoms with Crippen LogP contribution >= 0.6 is 0 Å². The molecule has 3 atom stereocenters. The van der Waals surface area contributed by atoms with Crippen LogP contribution in [0.1, 0.15) is 55.7 Å². The fourth-order valence-corrected chi connectivity index (χ4v) is 4.63. The molecule has 0 aromatic heterocycles. The number of fused-ring (bicyclic) bond motifs is 2. The van der Waals surface area contributed by atoms with E-state index in [9.17, 15) is 0 Å². The second-order valence-corrected chi connectivity index (χ2v) is 6.80. The van der Waals surface area contributed by atoms with E-state index in [1.54, 1.807) is 11.1 Å². The van der Waals surface area contributed by atoms with Crippen LogP contribution in [0, 0.1) is 0 Å². The fraction of sp³-hybridized carbons (Fsp3) is 0.667. The van der Waals surface area contributed by atoms with Crippen LogP contribution in [-0.4, -0.2) is 30.1 Å². The largest absolute Gasteiger partial charge is 0.306 e. The minimum atomic E-state index is 0.597. The van der Waals surface area contributed by atoms with Crippen molar-refractivity contribution in [3.05, 3.63) is 35.4 Å². The van der Waals surface area contributed by atoms with Crippen molar-refractivity contribution >= 4 is 0 Å². The quantitative estimate of drug-likeness (QED) is 0.830. The number of aryl methyl sites for hydroxylation is 1. The molecule has 20 heavy (non-hydrogen) atoms. The van der Waals surface area contributed by atoms with Crippen LogP contribution < -0.4 is 5.32 Å². The summed E-state index contributed by atoms with van der Waals surface area (Å²) in [4.78, 5) is 2.71. The predicted molar refractivity (Wildman–Crippen MR) is 82.9 cm³/mol. The zero-order valence-corrected chi connectivity index (χ0v) is 12.4. The van der Waals surface area contributed by atoms with Gasteiger partial charge in [-0.25, -0.2) is 0 Å². The van der Waals surface area contributed by atoms with Crippen molar-refractivity contribution in [1.82, 2.24) is 10.2 Å². The average molecular weight is 270 g/mol. The second kappa shape index (κ2) is 5.50. The number of nitrogens with one attached hydrogen (secondary N) is 1. The predicted octanol–water partition coefficient (Wildman–Crippen LogP) is 3.28. The van der Waals surface area contributed by atoms with Crippen molar-refractivity contribution in [2.24, 2.45) is 0 Å². The molecule has 1 aromatic carbocycles. The number of rotatable bonds is 2. The smallest absolute Gasteiger partial charge is 0.0326 e. The van der Waals surface area contributed by atoms with E-state index in [0.717, 1.165) is 12.1 Å². The van der Waals surface area contributed by atoms with Crippen molar-refractivity contribution in [3.8, 4) is 0 Å². The van der Waals surface area contributed by atoms with Gasteiger partial charge in [0.15, 0.2) is 0 Å². The summed E-state index contributed by atoms with van der Waals surface area (Å²) in [6, 6.07) is 11.3. The second-order valence-electron chi connectivity index (χ2n) is 6.80. The van der Waals surface area contributed by atoms with E-state index < -0.39 is 0 Å². The maximum absolute atomic E-state index is 4.04. The molecule has 1 aliphatic carbocycles. The van der Waals surface area contributed by atoms with Gasteiger partial charge < -0.3 is 5.32 Å². The summed E-state index contributed by atoms with van der Waals surface area (Å²) in [5.74, 6) is 0. The molecule has 3 aliphatic rings. The number of benzene rings is 1. The molecule has 2 nitrogen and oxygen atoms in total. The van der Waals surface area contributed by atoms with Crippen molar-refractivity contribution in [3.63, 3.8) is 0 Å². The summed E-state index contributed by atoms with van der Waals surface area (Å²) in [5.41, 5.74) is 3.17. The lowest BCUT2D eigenvalue weighted by atomic mass is 9.97. The van der Waals surface area contributed by atoms with Crippen molar-refractivity contribution in [1.29, 1.82) is 0 Å². The SMILES string of the molecule is c1ccc2c(c1)CCCCC2NC1CCN2CCCC12. The van der Waals surface area contributed by atoms with Crippen LogP contribution in [0.2, 0.25) is 0 Å². The molecule has 2 fully saturated rings. The summed E-state index contributed by atoms with van der Waals surface area (Å²) in [7, 11) is 0. The molecule has 2 heteroatoms. The van der Waals surface area contributed by atoms with Crippen LogP contribution in [0.4, 0.5) is 0 Å². The first-order chi connectivity index (χ1) is 9.92. The third-order valence-corrected chi connectivity index (χ3v) is 5.64. The van der Waals surface area contributed by atoms with Gasteiger partial charge in [0.25, 0.3) is 0 Å². The lowest BCUT2D eigenvalue weighted by Gasteiger charge is -2.27. The zero-order valence-electron chi connectivity index (χ0n) is 12.4. The Kier molecular flexibility index (Phi) is 3.53. The van der Waals surface area contributed by atoms with E-state index in [-0.39, 0.29) is 0 Å².